The highest BCUT2D eigenvalue weighted by Gasteiger charge is 2.31. The van der Waals surface area contributed by atoms with Crippen molar-refractivity contribution in [1.82, 2.24) is 19.7 Å². The lowest BCUT2D eigenvalue weighted by atomic mass is 10.2. The van der Waals surface area contributed by atoms with E-state index in [1.165, 1.54) is 11.3 Å². The second kappa shape index (κ2) is 9.14. The Bertz CT molecular complexity index is 949. The Labute approximate surface area is 184 Å². The van der Waals surface area contributed by atoms with E-state index in [0.717, 1.165) is 23.4 Å². The summed E-state index contributed by atoms with van der Waals surface area (Å²) in [4.78, 5) is 46.9. The third-order valence-electron chi connectivity index (χ3n) is 5.48. The number of rotatable bonds is 3. The van der Waals surface area contributed by atoms with Gasteiger partial charge in [0.15, 0.2) is 0 Å². The summed E-state index contributed by atoms with van der Waals surface area (Å²) in [6.07, 6.45) is 2.12. The molecule has 30 heavy (non-hydrogen) atoms. The maximum atomic E-state index is 12.7. The summed E-state index contributed by atoms with van der Waals surface area (Å²) < 4.78 is 0. The lowest BCUT2D eigenvalue weighted by Gasteiger charge is -2.35. The summed E-state index contributed by atoms with van der Waals surface area (Å²) in [5.74, 6) is -0.890. The Kier molecular flexibility index (Phi) is 6.34. The van der Waals surface area contributed by atoms with E-state index in [1.54, 1.807) is 14.7 Å². The van der Waals surface area contributed by atoms with Crippen molar-refractivity contribution < 1.29 is 14.4 Å². The van der Waals surface area contributed by atoms with Crippen molar-refractivity contribution in [3.8, 4) is 10.6 Å². The average molecular weight is 447 g/mol. The van der Waals surface area contributed by atoms with Crippen LogP contribution in [0.3, 0.4) is 0 Å². The summed E-state index contributed by atoms with van der Waals surface area (Å²) in [5, 5.41) is 3.30. The first-order valence-corrected chi connectivity index (χ1v) is 11.3. The van der Waals surface area contributed by atoms with Crippen LogP contribution in [0.2, 0.25) is 5.02 Å². The Morgan fingerprint density at radius 1 is 0.900 bits per heavy atom. The van der Waals surface area contributed by atoms with Crippen LogP contribution in [0.25, 0.3) is 10.6 Å². The minimum atomic E-state index is -0.451. The van der Waals surface area contributed by atoms with Crippen LogP contribution in [0.1, 0.15) is 18.5 Å². The number of nitrogens with zero attached hydrogens (tertiary/aromatic N) is 4. The molecule has 1 aromatic heterocycles. The number of carbonyl (C=O) groups is 3. The van der Waals surface area contributed by atoms with E-state index in [9.17, 15) is 14.4 Å². The highest BCUT2D eigenvalue weighted by Crippen LogP contribution is 2.30. The Morgan fingerprint density at radius 2 is 1.50 bits per heavy atom. The fraction of sp³-hybridized carbons (Fsp3) is 0.429. The molecule has 158 valence electrons. The predicted octanol–water partition coefficient (Wildman–Crippen LogP) is 2.30. The molecule has 4 rings (SSSR count). The second-order valence-corrected chi connectivity index (χ2v) is 8.74. The molecule has 7 nitrogen and oxygen atoms in total. The van der Waals surface area contributed by atoms with Crippen LogP contribution in [-0.2, 0) is 20.8 Å². The molecule has 9 heteroatoms. The average Bonchev–Trinajstić information content (AvgIpc) is 3.45. The molecule has 3 amide bonds. The molecule has 0 radical (unpaired) electrons. The van der Waals surface area contributed by atoms with Gasteiger partial charge in [-0.05, 0) is 18.9 Å². The van der Waals surface area contributed by atoms with Crippen molar-refractivity contribution in [2.24, 2.45) is 0 Å². The highest BCUT2D eigenvalue weighted by molar-refractivity contribution is 7.13. The van der Waals surface area contributed by atoms with E-state index in [-0.39, 0.29) is 12.3 Å². The number of carbonyl (C=O) groups excluding carboxylic acids is 3. The molecule has 3 heterocycles. The molecule has 2 aliphatic heterocycles. The zero-order chi connectivity index (χ0) is 21.1. The molecule has 1 aromatic carbocycles. The molecular formula is C21H23ClN4O3S. The van der Waals surface area contributed by atoms with Gasteiger partial charge >= 0.3 is 11.8 Å². The lowest BCUT2D eigenvalue weighted by Crippen LogP contribution is -2.54. The summed E-state index contributed by atoms with van der Waals surface area (Å²) in [6.45, 7) is 2.94. The van der Waals surface area contributed by atoms with Crippen molar-refractivity contribution in [2.75, 3.05) is 39.3 Å². The molecule has 0 N–H and O–H groups in total. The Balaban J connectivity index is 1.30. The first-order chi connectivity index (χ1) is 14.5. The van der Waals surface area contributed by atoms with Crippen molar-refractivity contribution in [3.05, 3.63) is 40.4 Å². The van der Waals surface area contributed by atoms with Gasteiger partial charge in [0, 0.05) is 50.2 Å². The van der Waals surface area contributed by atoms with Gasteiger partial charge in [0.05, 0.1) is 17.1 Å². The van der Waals surface area contributed by atoms with Crippen LogP contribution >= 0.6 is 22.9 Å². The molecular weight excluding hydrogens is 424 g/mol. The van der Waals surface area contributed by atoms with Gasteiger partial charge in [-0.2, -0.15) is 0 Å². The van der Waals surface area contributed by atoms with Crippen LogP contribution in [0, 0.1) is 0 Å². The zero-order valence-corrected chi connectivity index (χ0v) is 18.1. The maximum Gasteiger partial charge on any atom is 0.312 e. The SMILES string of the molecule is O=C(Cc1csc(-c2ccccc2Cl)n1)N1CCN(C(=O)C(=O)N2CCCC2)CC1. The number of piperazine rings is 1. The van der Waals surface area contributed by atoms with Gasteiger partial charge in [0.25, 0.3) is 0 Å². The molecule has 0 bridgehead atoms. The van der Waals surface area contributed by atoms with Gasteiger partial charge in [-0.15, -0.1) is 11.3 Å². The van der Waals surface area contributed by atoms with Crippen molar-refractivity contribution in [1.29, 1.82) is 0 Å². The number of halogens is 1. The van der Waals surface area contributed by atoms with E-state index >= 15 is 0 Å². The van der Waals surface area contributed by atoms with Crippen molar-refractivity contribution in [3.63, 3.8) is 0 Å². The highest BCUT2D eigenvalue weighted by atomic mass is 35.5. The number of amides is 3. The van der Waals surface area contributed by atoms with Crippen LogP contribution in [0.5, 0.6) is 0 Å². The standard InChI is InChI=1S/C21H23ClN4O3S/c22-17-6-2-1-5-16(17)19-23-15(14-30-19)13-18(27)24-9-11-26(12-10-24)21(29)20(28)25-7-3-4-8-25/h1-2,5-6,14H,3-4,7-13H2. The van der Waals surface area contributed by atoms with Gasteiger partial charge in [0.1, 0.15) is 5.01 Å². The molecule has 2 saturated heterocycles. The van der Waals surface area contributed by atoms with Crippen LogP contribution < -0.4 is 0 Å². The normalized spacial score (nSPS) is 16.8. The number of benzene rings is 1. The number of hydrogen-bond donors (Lipinski definition) is 0. The summed E-state index contributed by atoms with van der Waals surface area (Å²) in [5.41, 5.74) is 1.57. The van der Waals surface area contributed by atoms with Crippen molar-refractivity contribution >= 4 is 40.7 Å². The van der Waals surface area contributed by atoms with Gasteiger partial charge in [-0.3, -0.25) is 14.4 Å². The molecule has 0 spiro atoms. The lowest BCUT2D eigenvalue weighted by molar-refractivity contribution is -0.153. The Morgan fingerprint density at radius 3 is 2.17 bits per heavy atom. The summed E-state index contributed by atoms with van der Waals surface area (Å²) in [7, 11) is 0. The summed E-state index contributed by atoms with van der Waals surface area (Å²) in [6, 6.07) is 7.50. The zero-order valence-electron chi connectivity index (χ0n) is 16.6. The Hall–Kier alpha value is -2.45. The summed E-state index contributed by atoms with van der Waals surface area (Å²) >= 11 is 7.69. The van der Waals surface area contributed by atoms with Crippen LogP contribution in [0.15, 0.2) is 29.6 Å². The molecule has 0 atom stereocenters. The van der Waals surface area contributed by atoms with Crippen molar-refractivity contribution in [2.45, 2.75) is 19.3 Å². The minimum Gasteiger partial charge on any atom is -0.339 e. The van der Waals surface area contributed by atoms with Gasteiger partial charge in [-0.25, -0.2) is 4.98 Å². The molecule has 2 fully saturated rings. The van der Waals surface area contributed by atoms with Gasteiger partial charge < -0.3 is 14.7 Å². The van der Waals surface area contributed by atoms with E-state index in [2.05, 4.69) is 4.98 Å². The number of aromatic nitrogens is 1. The smallest absolute Gasteiger partial charge is 0.312 e. The molecule has 0 aliphatic carbocycles. The van der Waals surface area contributed by atoms with Gasteiger partial charge in [-0.1, -0.05) is 29.8 Å². The first kappa shape index (κ1) is 20.8. The molecule has 2 aromatic rings. The van der Waals surface area contributed by atoms with E-state index in [0.29, 0.717) is 50.0 Å². The third-order valence-corrected chi connectivity index (χ3v) is 6.74. The first-order valence-electron chi connectivity index (χ1n) is 10.1. The topological polar surface area (TPSA) is 73.8 Å². The maximum absolute atomic E-state index is 12.7. The van der Waals surface area contributed by atoms with E-state index < -0.39 is 11.8 Å². The predicted molar refractivity (Wildman–Crippen MR) is 115 cm³/mol. The molecule has 0 saturated carbocycles. The molecule has 0 unspecified atom stereocenters. The minimum absolute atomic E-state index is 0.0241. The number of hydrogen-bond acceptors (Lipinski definition) is 5. The third kappa shape index (κ3) is 4.49. The van der Waals surface area contributed by atoms with E-state index in [1.807, 2.05) is 29.6 Å². The molecule has 2 aliphatic rings. The number of likely N-dealkylation sites (tertiary alicyclic amines) is 1. The van der Waals surface area contributed by atoms with E-state index in [4.69, 9.17) is 11.6 Å². The van der Waals surface area contributed by atoms with Gasteiger partial charge in [0.2, 0.25) is 5.91 Å². The second-order valence-electron chi connectivity index (χ2n) is 7.47. The fourth-order valence-corrected chi connectivity index (χ4v) is 4.90. The fourth-order valence-electron chi connectivity index (χ4n) is 3.76. The monoisotopic (exact) mass is 446 g/mol. The quantitative estimate of drug-likeness (QED) is 0.678. The van der Waals surface area contributed by atoms with Crippen LogP contribution in [0.4, 0.5) is 0 Å². The van der Waals surface area contributed by atoms with Crippen LogP contribution in [-0.4, -0.2) is 76.7 Å². The largest absolute Gasteiger partial charge is 0.339 e. The number of thiazole rings is 1.